The lowest BCUT2D eigenvalue weighted by atomic mass is 9.97. The van der Waals surface area contributed by atoms with Crippen LogP contribution in [0, 0.1) is 6.92 Å². The van der Waals surface area contributed by atoms with Crippen LogP contribution >= 0.6 is 11.8 Å². The molecular formula is C19H23N3O7S. The van der Waals surface area contributed by atoms with Crippen LogP contribution in [0.1, 0.15) is 26.3 Å². The molecule has 2 rings (SSSR count). The summed E-state index contributed by atoms with van der Waals surface area (Å²) in [5.74, 6) is -1.82. The van der Waals surface area contributed by atoms with E-state index in [-0.39, 0.29) is 6.61 Å². The maximum atomic E-state index is 11.7. The van der Waals surface area contributed by atoms with Gasteiger partial charge in [0, 0.05) is 30.6 Å². The first kappa shape index (κ1) is 23.5. The van der Waals surface area contributed by atoms with Gasteiger partial charge in [0.05, 0.1) is 0 Å². The average Bonchev–Trinajstić information content (AvgIpc) is 2.66. The van der Waals surface area contributed by atoms with Gasteiger partial charge in [0.25, 0.3) is 0 Å². The number of hydrogen-bond acceptors (Lipinski definition) is 9. The smallest absolute Gasteiger partial charge is 0.303 e. The van der Waals surface area contributed by atoms with Gasteiger partial charge >= 0.3 is 17.9 Å². The highest BCUT2D eigenvalue weighted by Crippen LogP contribution is 2.37. The van der Waals surface area contributed by atoms with Crippen molar-refractivity contribution in [1.82, 2.24) is 0 Å². The van der Waals surface area contributed by atoms with Crippen LogP contribution in [0.4, 0.5) is 0 Å². The van der Waals surface area contributed by atoms with Gasteiger partial charge in [0.2, 0.25) is 0 Å². The topological polar surface area (TPSA) is 137 Å². The van der Waals surface area contributed by atoms with Crippen LogP contribution in [-0.2, 0) is 33.3 Å². The first-order valence-electron chi connectivity index (χ1n) is 9.12. The SMILES string of the molecule is CC(=O)OCC1O[C@H](Sc2ccc(C)cc2)C(OC(C)=O)[C@@H](N=[N+]=[N-])[C@H]1OC(C)=O. The molecule has 5 atom stereocenters. The lowest BCUT2D eigenvalue weighted by Crippen LogP contribution is -2.59. The Morgan fingerprint density at radius 3 is 2.20 bits per heavy atom. The third kappa shape index (κ3) is 6.65. The molecule has 2 unspecified atom stereocenters. The van der Waals surface area contributed by atoms with Crippen LogP contribution in [0.5, 0.6) is 0 Å². The van der Waals surface area contributed by atoms with Gasteiger partial charge in [-0.3, -0.25) is 14.4 Å². The van der Waals surface area contributed by atoms with Crippen molar-refractivity contribution < 1.29 is 33.3 Å². The number of azide groups is 1. The number of carbonyl (C=O) groups is 3. The molecule has 1 aliphatic rings. The number of benzene rings is 1. The summed E-state index contributed by atoms with van der Waals surface area (Å²) in [6.45, 7) is 5.34. The third-order valence-electron chi connectivity index (χ3n) is 4.13. The number of hydrogen-bond donors (Lipinski definition) is 0. The Hall–Kier alpha value is -2.75. The zero-order chi connectivity index (χ0) is 22.3. The molecule has 0 aromatic heterocycles. The van der Waals surface area contributed by atoms with Crippen LogP contribution < -0.4 is 0 Å². The van der Waals surface area contributed by atoms with Gasteiger partial charge in [-0.05, 0) is 24.6 Å². The van der Waals surface area contributed by atoms with Crippen molar-refractivity contribution in [2.45, 2.75) is 62.4 Å². The van der Waals surface area contributed by atoms with Gasteiger partial charge in [0.1, 0.15) is 36.4 Å². The zero-order valence-corrected chi connectivity index (χ0v) is 17.8. The molecule has 1 fully saturated rings. The molecular weight excluding hydrogens is 414 g/mol. The Morgan fingerprint density at radius 1 is 1.07 bits per heavy atom. The van der Waals surface area contributed by atoms with Crippen molar-refractivity contribution in [3.05, 3.63) is 40.3 Å². The van der Waals surface area contributed by atoms with E-state index in [1.165, 1.54) is 32.5 Å². The van der Waals surface area contributed by atoms with Crippen molar-refractivity contribution in [3.8, 4) is 0 Å². The van der Waals surface area contributed by atoms with E-state index in [9.17, 15) is 14.4 Å². The highest BCUT2D eigenvalue weighted by molar-refractivity contribution is 7.99. The summed E-state index contributed by atoms with van der Waals surface area (Å²) in [5, 5.41) is 3.73. The van der Waals surface area contributed by atoms with Crippen molar-refractivity contribution in [1.29, 1.82) is 0 Å². The molecule has 0 N–H and O–H groups in total. The Kier molecular flexibility index (Phi) is 8.52. The highest BCUT2D eigenvalue weighted by atomic mass is 32.2. The molecule has 0 spiro atoms. The first-order chi connectivity index (χ1) is 14.2. The molecule has 162 valence electrons. The van der Waals surface area contributed by atoms with E-state index in [1.807, 2.05) is 31.2 Å². The summed E-state index contributed by atoms with van der Waals surface area (Å²) in [6.07, 6.45) is -3.08. The molecule has 0 amide bonds. The van der Waals surface area contributed by atoms with Gasteiger partial charge in [0.15, 0.2) is 0 Å². The predicted octanol–water partition coefficient (Wildman–Crippen LogP) is 2.92. The molecule has 0 bridgehead atoms. The Labute approximate surface area is 177 Å². The van der Waals surface area contributed by atoms with E-state index in [0.29, 0.717) is 0 Å². The monoisotopic (exact) mass is 437 g/mol. The second-order valence-electron chi connectivity index (χ2n) is 6.62. The predicted molar refractivity (Wildman–Crippen MR) is 106 cm³/mol. The summed E-state index contributed by atoms with van der Waals surface area (Å²) in [6, 6.07) is 6.48. The average molecular weight is 437 g/mol. The fourth-order valence-corrected chi connectivity index (χ4v) is 4.03. The maximum absolute atomic E-state index is 11.7. The van der Waals surface area contributed by atoms with Crippen LogP contribution in [-0.4, -0.2) is 54.3 Å². The molecule has 11 heteroatoms. The fraction of sp³-hybridized carbons (Fsp3) is 0.526. The Bertz CT molecular complexity index is 826. The third-order valence-corrected chi connectivity index (χ3v) is 5.29. The number of esters is 3. The quantitative estimate of drug-likeness (QED) is 0.209. The number of aryl methyl sites for hydroxylation is 1. The van der Waals surface area contributed by atoms with E-state index >= 15 is 0 Å². The number of thioether (sulfide) groups is 1. The molecule has 1 aromatic carbocycles. The van der Waals surface area contributed by atoms with Gasteiger partial charge < -0.3 is 18.9 Å². The van der Waals surface area contributed by atoms with Crippen molar-refractivity contribution in [2.24, 2.45) is 5.11 Å². The van der Waals surface area contributed by atoms with Crippen LogP contribution in [0.3, 0.4) is 0 Å². The van der Waals surface area contributed by atoms with Gasteiger partial charge in [-0.1, -0.05) is 34.6 Å². The lowest BCUT2D eigenvalue weighted by Gasteiger charge is -2.43. The summed E-state index contributed by atoms with van der Waals surface area (Å²) in [5.41, 5.74) is 9.34. The summed E-state index contributed by atoms with van der Waals surface area (Å²) in [7, 11) is 0. The molecule has 1 aromatic rings. The molecule has 0 saturated carbocycles. The van der Waals surface area contributed by atoms with Crippen molar-refractivity contribution in [2.75, 3.05) is 6.61 Å². The molecule has 0 radical (unpaired) electrons. The van der Waals surface area contributed by atoms with E-state index < -0.39 is 47.7 Å². The molecule has 1 aliphatic heterocycles. The fourth-order valence-electron chi connectivity index (χ4n) is 2.92. The van der Waals surface area contributed by atoms with Crippen molar-refractivity contribution >= 4 is 29.7 Å². The van der Waals surface area contributed by atoms with E-state index in [4.69, 9.17) is 24.5 Å². The van der Waals surface area contributed by atoms with E-state index in [2.05, 4.69) is 10.0 Å². The lowest BCUT2D eigenvalue weighted by molar-refractivity contribution is -0.201. The second kappa shape index (κ2) is 10.9. The summed E-state index contributed by atoms with van der Waals surface area (Å²) >= 11 is 1.25. The standard InChI is InChI=1S/C19H23N3O7S/c1-10-5-7-14(8-6-10)30-19-18(28-13(4)25)16(21-22-20)17(27-12(3)24)15(29-19)9-26-11(2)23/h5-8,15-19H,9H2,1-4H3/t15?,16-,17-,18?,19+/m0/s1. The highest BCUT2D eigenvalue weighted by Gasteiger charge is 2.50. The van der Waals surface area contributed by atoms with Gasteiger partial charge in [-0.25, -0.2) is 0 Å². The Morgan fingerprint density at radius 2 is 1.67 bits per heavy atom. The van der Waals surface area contributed by atoms with E-state index in [0.717, 1.165) is 10.5 Å². The van der Waals surface area contributed by atoms with Crippen LogP contribution in [0.15, 0.2) is 34.3 Å². The minimum Gasteiger partial charge on any atom is -0.463 e. The number of carbonyl (C=O) groups excluding carboxylic acids is 3. The first-order valence-corrected chi connectivity index (χ1v) is 10.00. The number of rotatable bonds is 7. The minimum atomic E-state index is -1.11. The van der Waals surface area contributed by atoms with Gasteiger partial charge in [-0.15, -0.1) is 0 Å². The Balaban J connectivity index is 2.41. The van der Waals surface area contributed by atoms with Crippen LogP contribution in [0.25, 0.3) is 10.4 Å². The van der Waals surface area contributed by atoms with E-state index in [1.54, 1.807) is 0 Å². The minimum absolute atomic E-state index is 0.234. The van der Waals surface area contributed by atoms with Gasteiger partial charge in [-0.2, -0.15) is 0 Å². The maximum Gasteiger partial charge on any atom is 0.303 e. The molecule has 0 aliphatic carbocycles. The summed E-state index contributed by atoms with van der Waals surface area (Å²) in [4.78, 5) is 38.3. The normalized spacial score (nSPS) is 25.5. The number of ether oxygens (including phenoxy) is 4. The van der Waals surface area contributed by atoms with Crippen LogP contribution in [0.2, 0.25) is 0 Å². The largest absolute Gasteiger partial charge is 0.463 e. The molecule has 30 heavy (non-hydrogen) atoms. The van der Waals surface area contributed by atoms with Crippen molar-refractivity contribution in [3.63, 3.8) is 0 Å². The summed E-state index contributed by atoms with van der Waals surface area (Å²) < 4.78 is 21.8. The zero-order valence-electron chi connectivity index (χ0n) is 17.0. The molecule has 1 saturated heterocycles. The molecule has 1 heterocycles. The second-order valence-corrected chi connectivity index (χ2v) is 7.79. The molecule has 10 nitrogen and oxygen atoms in total. The number of nitrogens with zero attached hydrogens (tertiary/aromatic N) is 3.